The molecular formula is C27H27ClN2O4S. The van der Waals surface area contributed by atoms with Gasteiger partial charge in [0.2, 0.25) is 5.91 Å². The molecule has 0 heterocycles. The lowest BCUT2D eigenvalue weighted by Gasteiger charge is -2.13. The van der Waals surface area contributed by atoms with E-state index in [9.17, 15) is 14.4 Å². The summed E-state index contributed by atoms with van der Waals surface area (Å²) in [6, 6.07) is 20.6. The van der Waals surface area contributed by atoms with E-state index in [1.165, 1.54) is 11.8 Å². The lowest BCUT2D eigenvalue weighted by atomic mass is 10.2. The second-order valence-electron chi connectivity index (χ2n) is 7.81. The smallest absolute Gasteiger partial charge is 0.338 e. The van der Waals surface area contributed by atoms with Crippen LogP contribution in [-0.4, -0.2) is 29.6 Å². The highest BCUT2D eigenvalue weighted by Crippen LogP contribution is 2.27. The predicted molar refractivity (Wildman–Crippen MR) is 141 cm³/mol. The standard InChI is InChI=1S/C27H27ClN2O4S/c1-3-4-15-34-27(33)19-11-13-22(14-12-19)29-25(31)18(2)35-24-10-6-9-23(17-24)30-26(32)20-7-5-8-21(28)16-20/h5-14,16-18H,3-4,15H2,1-2H3,(H,29,31)(H,30,32). The molecule has 3 rings (SSSR count). The number of carbonyl (C=O) groups is 3. The van der Waals surface area contributed by atoms with Crippen LogP contribution in [0.3, 0.4) is 0 Å². The van der Waals surface area contributed by atoms with E-state index in [0.29, 0.717) is 34.1 Å². The summed E-state index contributed by atoms with van der Waals surface area (Å²) in [5, 5.41) is 5.80. The van der Waals surface area contributed by atoms with Gasteiger partial charge in [-0.05, 0) is 74.0 Å². The van der Waals surface area contributed by atoms with E-state index in [1.54, 1.807) is 61.5 Å². The van der Waals surface area contributed by atoms with E-state index in [-0.39, 0.29) is 17.8 Å². The Kier molecular flexibility index (Phi) is 9.76. The zero-order chi connectivity index (χ0) is 25.2. The molecule has 0 bridgehead atoms. The van der Waals surface area contributed by atoms with Crippen LogP contribution >= 0.6 is 23.4 Å². The number of benzene rings is 3. The third kappa shape index (κ3) is 8.16. The zero-order valence-electron chi connectivity index (χ0n) is 19.5. The number of nitrogens with one attached hydrogen (secondary N) is 2. The van der Waals surface area contributed by atoms with Crippen molar-refractivity contribution in [2.45, 2.75) is 36.8 Å². The molecule has 0 saturated heterocycles. The molecule has 0 radical (unpaired) electrons. The molecule has 0 aliphatic heterocycles. The topological polar surface area (TPSA) is 84.5 Å². The van der Waals surface area contributed by atoms with Gasteiger partial charge in [-0.15, -0.1) is 11.8 Å². The maximum absolute atomic E-state index is 12.7. The summed E-state index contributed by atoms with van der Waals surface area (Å²) in [7, 11) is 0. The lowest BCUT2D eigenvalue weighted by Crippen LogP contribution is -2.22. The van der Waals surface area contributed by atoms with E-state index in [0.717, 1.165) is 17.7 Å². The fourth-order valence-electron chi connectivity index (χ4n) is 3.06. The largest absolute Gasteiger partial charge is 0.462 e. The second kappa shape index (κ2) is 13.0. The summed E-state index contributed by atoms with van der Waals surface area (Å²) in [4.78, 5) is 38.0. The highest BCUT2D eigenvalue weighted by molar-refractivity contribution is 8.00. The summed E-state index contributed by atoms with van der Waals surface area (Å²) in [6.45, 7) is 4.23. The van der Waals surface area contributed by atoms with Gasteiger partial charge < -0.3 is 15.4 Å². The summed E-state index contributed by atoms with van der Waals surface area (Å²) in [6.07, 6.45) is 1.78. The predicted octanol–water partition coefficient (Wildman–Crippen LogP) is 6.67. The lowest BCUT2D eigenvalue weighted by molar-refractivity contribution is -0.115. The molecule has 182 valence electrons. The molecule has 35 heavy (non-hydrogen) atoms. The molecule has 2 N–H and O–H groups in total. The Morgan fingerprint density at radius 3 is 2.37 bits per heavy atom. The molecule has 1 unspecified atom stereocenters. The van der Waals surface area contributed by atoms with Gasteiger partial charge in [0.05, 0.1) is 17.4 Å². The van der Waals surface area contributed by atoms with Gasteiger partial charge in [0, 0.05) is 26.9 Å². The van der Waals surface area contributed by atoms with Crippen molar-refractivity contribution in [3.63, 3.8) is 0 Å². The minimum absolute atomic E-state index is 0.179. The third-order valence-corrected chi connectivity index (χ3v) is 6.31. The number of hydrogen-bond donors (Lipinski definition) is 2. The molecule has 2 amide bonds. The number of amides is 2. The van der Waals surface area contributed by atoms with Crippen molar-refractivity contribution in [1.29, 1.82) is 0 Å². The van der Waals surface area contributed by atoms with E-state index in [4.69, 9.17) is 16.3 Å². The van der Waals surface area contributed by atoms with Crippen molar-refractivity contribution >= 4 is 52.5 Å². The van der Waals surface area contributed by atoms with Crippen LogP contribution < -0.4 is 10.6 Å². The van der Waals surface area contributed by atoms with Crippen molar-refractivity contribution in [3.05, 3.63) is 88.9 Å². The third-order valence-electron chi connectivity index (χ3n) is 4.98. The molecule has 3 aromatic rings. The Morgan fingerprint density at radius 1 is 0.914 bits per heavy atom. The fraction of sp³-hybridized carbons (Fsp3) is 0.222. The number of ether oxygens (including phenoxy) is 1. The molecule has 1 atom stereocenters. The van der Waals surface area contributed by atoms with Gasteiger partial charge in [0.15, 0.2) is 0 Å². The molecule has 6 nitrogen and oxygen atoms in total. The van der Waals surface area contributed by atoms with Gasteiger partial charge in [-0.2, -0.15) is 0 Å². The second-order valence-corrected chi connectivity index (χ2v) is 9.66. The van der Waals surface area contributed by atoms with Crippen LogP contribution in [-0.2, 0) is 9.53 Å². The first-order valence-electron chi connectivity index (χ1n) is 11.3. The Labute approximate surface area is 214 Å². The summed E-state index contributed by atoms with van der Waals surface area (Å²) in [5.74, 6) is -0.817. The van der Waals surface area contributed by atoms with Crippen LogP contribution in [0.5, 0.6) is 0 Å². The van der Waals surface area contributed by atoms with Crippen molar-refractivity contribution in [2.24, 2.45) is 0 Å². The molecule has 8 heteroatoms. The summed E-state index contributed by atoms with van der Waals surface area (Å²) >= 11 is 7.34. The van der Waals surface area contributed by atoms with Crippen molar-refractivity contribution in [1.82, 2.24) is 0 Å². The molecular weight excluding hydrogens is 484 g/mol. The Bertz CT molecular complexity index is 1180. The maximum Gasteiger partial charge on any atom is 0.338 e. The number of hydrogen-bond acceptors (Lipinski definition) is 5. The van der Waals surface area contributed by atoms with Crippen molar-refractivity contribution < 1.29 is 19.1 Å². The Morgan fingerprint density at radius 2 is 1.66 bits per heavy atom. The highest BCUT2D eigenvalue weighted by atomic mass is 35.5. The molecule has 0 saturated carbocycles. The van der Waals surface area contributed by atoms with Crippen LogP contribution in [0.25, 0.3) is 0 Å². The number of carbonyl (C=O) groups excluding carboxylic acids is 3. The molecule has 0 aromatic heterocycles. The number of rotatable bonds is 10. The number of unbranched alkanes of at least 4 members (excludes halogenated alkanes) is 1. The average molecular weight is 511 g/mol. The van der Waals surface area contributed by atoms with E-state index >= 15 is 0 Å². The highest BCUT2D eigenvalue weighted by Gasteiger charge is 2.16. The van der Waals surface area contributed by atoms with Gasteiger partial charge in [-0.1, -0.05) is 37.1 Å². The summed E-state index contributed by atoms with van der Waals surface area (Å²) < 4.78 is 5.20. The van der Waals surface area contributed by atoms with Gasteiger partial charge in [-0.3, -0.25) is 9.59 Å². The van der Waals surface area contributed by atoms with Crippen LogP contribution in [0.4, 0.5) is 11.4 Å². The SMILES string of the molecule is CCCCOC(=O)c1ccc(NC(=O)C(C)Sc2cccc(NC(=O)c3cccc(Cl)c3)c2)cc1. The Balaban J connectivity index is 1.55. The molecule has 0 aliphatic rings. The van der Waals surface area contributed by atoms with Gasteiger partial charge in [-0.25, -0.2) is 4.79 Å². The first-order valence-corrected chi connectivity index (χ1v) is 12.5. The first kappa shape index (κ1) is 26.3. The maximum atomic E-state index is 12.7. The molecule has 0 spiro atoms. The molecule has 0 aliphatic carbocycles. The quantitative estimate of drug-likeness (QED) is 0.181. The normalized spacial score (nSPS) is 11.4. The monoisotopic (exact) mass is 510 g/mol. The van der Waals surface area contributed by atoms with E-state index < -0.39 is 5.25 Å². The van der Waals surface area contributed by atoms with Crippen LogP contribution in [0.2, 0.25) is 5.02 Å². The van der Waals surface area contributed by atoms with Gasteiger partial charge in [0.25, 0.3) is 5.91 Å². The van der Waals surface area contributed by atoms with Crippen molar-refractivity contribution in [3.8, 4) is 0 Å². The zero-order valence-corrected chi connectivity index (χ0v) is 21.1. The van der Waals surface area contributed by atoms with E-state index in [2.05, 4.69) is 10.6 Å². The number of anilines is 2. The average Bonchev–Trinajstić information content (AvgIpc) is 2.84. The number of thioether (sulfide) groups is 1. The molecule has 3 aromatic carbocycles. The Hall–Kier alpha value is -3.29. The van der Waals surface area contributed by atoms with Crippen LogP contribution in [0.1, 0.15) is 47.4 Å². The molecule has 0 fully saturated rings. The minimum Gasteiger partial charge on any atom is -0.462 e. The van der Waals surface area contributed by atoms with Crippen LogP contribution in [0.15, 0.2) is 77.7 Å². The van der Waals surface area contributed by atoms with Crippen molar-refractivity contribution in [2.75, 3.05) is 17.2 Å². The van der Waals surface area contributed by atoms with Gasteiger partial charge in [0.1, 0.15) is 0 Å². The minimum atomic E-state index is -0.396. The fourth-order valence-corrected chi connectivity index (χ4v) is 4.18. The van der Waals surface area contributed by atoms with E-state index in [1.807, 2.05) is 25.1 Å². The summed E-state index contributed by atoms with van der Waals surface area (Å²) in [5.41, 5.74) is 2.12. The number of halogens is 1. The first-order chi connectivity index (χ1) is 16.9. The van der Waals surface area contributed by atoms with Gasteiger partial charge >= 0.3 is 5.97 Å². The number of esters is 1. The van der Waals surface area contributed by atoms with Crippen LogP contribution in [0, 0.1) is 0 Å².